The molecule has 4 nitrogen and oxygen atoms in total. The molecule has 0 saturated carbocycles. The van der Waals surface area contributed by atoms with E-state index < -0.39 is 0 Å². The van der Waals surface area contributed by atoms with Crippen molar-refractivity contribution in [3.63, 3.8) is 0 Å². The molecule has 2 N–H and O–H groups in total. The quantitative estimate of drug-likeness (QED) is 0.642. The van der Waals surface area contributed by atoms with Crippen LogP contribution >= 0.6 is 11.8 Å². The van der Waals surface area contributed by atoms with Gasteiger partial charge in [-0.25, -0.2) is 0 Å². The smallest absolute Gasteiger partial charge is 0.220 e. The molecule has 1 amide bonds. The Hall–Kier alpha value is -1.07. The van der Waals surface area contributed by atoms with Gasteiger partial charge in [0.2, 0.25) is 5.91 Å². The van der Waals surface area contributed by atoms with E-state index in [1.165, 1.54) is 0 Å². The van der Waals surface area contributed by atoms with Gasteiger partial charge in [0.15, 0.2) is 0 Å². The maximum absolute atomic E-state index is 11.5. The molecule has 0 aromatic carbocycles. The molecule has 0 aliphatic carbocycles. The third kappa shape index (κ3) is 8.61. The van der Waals surface area contributed by atoms with Gasteiger partial charge < -0.3 is 10.6 Å². The van der Waals surface area contributed by atoms with Gasteiger partial charge in [-0.15, -0.1) is 0 Å². The highest BCUT2D eigenvalue weighted by molar-refractivity contribution is 7.98. The molecule has 0 bridgehead atoms. The zero-order chi connectivity index (χ0) is 13.8. The largest absolute Gasteiger partial charge is 0.355 e. The van der Waals surface area contributed by atoms with Gasteiger partial charge in [0, 0.05) is 37.2 Å². The summed E-state index contributed by atoms with van der Waals surface area (Å²) in [5.74, 6) is 1.84. The van der Waals surface area contributed by atoms with Crippen molar-refractivity contribution >= 4 is 17.7 Å². The van der Waals surface area contributed by atoms with Crippen molar-refractivity contribution in [2.45, 2.75) is 25.5 Å². The Labute approximate surface area is 119 Å². The Bertz CT molecular complexity index is 346. The number of rotatable bonds is 10. The first kappa shape index (κ1) is 16.0. The summed E-state index contributed by atoms with van der Waals surface area (Å²) in [6, 6.07) is 5.90. The van der Waals surface area contributed by atoms with Crippen LogP contribution in [0.15, 0.2) is 24.4 Å². The van der Waals surface area contributed by atoms with E-state index in [4.69, 9.17) is 0 Å². The molecule has 1 rings (SSSR count). The molecule has 0 aliphatic heterocycles. The summed E-state index contributed by atoms with van der Waals surface area (Å²) in [6.07, 6.45) is 3.50. The van der Waals surface area contributed by atoms with Crippen LogP contribution in [0.3, 0.4) is 0 Å². The Balaban J connectivity index is 1.95. The van der Waals surface area contributed by atoms with Gasteiger partial charge in [-0.2, -0.15) is 11.8 Å². The number of hydrogen-bond donors (Lipinski definition) is 2. The van der Waals surface area contributed by atoms with Crippen LogP contribution in [0.2, 0.25) is 0 Å². The summed E-state index contributed by atoms with van der Waals surface area (Å²) in [5, 5.41) is 6.16. The standard InChI is InChI=1S/C14H23N3OS/c1-2-7-15-9-10-17-14(18)6-11-19-12-13-5-3-4-8-16-13/h3-5,8,15H,2,6-7,9-12H2,1H3,(H,17,18). The van der Waals surface area contributed by atoms with Crippen molar-refractivity contribution in [2.75, 3.05) is 25.4 Å². The summed E-state index contributed by atoms with van der Waals surface area (Å²) in [4.78, 5) is 15.8. The fraction of sp³-hybridized carbons (Fsp3) is 0.571. The normalized spacial score (nSPS) is 10.4. The second kappa shape index (κ2) is 10.8. The number of nitrogens with one attached hydrogen (secondary N) is 2. The molecule has 0 unspecified atom stereocenters. The molecule has 106 valence electrons. The fourth-order valence-electron chi connectivity index (χ4n) is 1.51. The first-order chi connectivity index (χ1) is 9.33. The Morgan fingerprint density at radius 3 is 2.95 bits per heavy atom. The van der Waals surface area contributed by atoms with Crippen LogP contribution in [-0.4, -0.2) is 36.3 Å². The lowest BCUT2D eigenvalue weighted by molar-refractivity contribution is -0.120. The average molecular weight is 281 g/mol. The molecule has 19 heavy (non-hydrogen) atoms. The van der Waals surface area contributed by atoms with E-state index in [2.05, 4.69) is 22.5 Å². The predicted molar refractivity (Wildman–Crippen MR) is 81.2 cm³/mol. The fourth-order valence-corrected chi connectivity index (χ4v) is 2.36. The summed E-state index contributed by atoms with van der Waals surface area (Å²) in [7, 11) is 0. The first-order valence-electron chi connectivity index (χ1n) is 6.78. The van der Waals surface area contributed by atoms with Gasteiger partial charge in [0.25, 0.3) is 0 Å². The average Bonchev–Trinajstić information content (AvgIpc) is 2.44. The number of pyridine rings is 1. The van der Waals surface area contributed by atoms with E-state index in [-0.39, 0.29) is 5.91 Å². The third-order valence-electron chi connectivity index (χ3n) is 2.50. The van der Waals surface area contributed by atoms with Crippen molar-refractivity contribution in [3.05, 3.63) is 30.1 Å². The van der Waals surface area contributed by atoms with E-state index in [1.807, 2.05) is 18.2 Å². The second-order valence-corrected chi connectivity index (χ2v) is 5.33. The summed E-state index contributed by atoms with van der Waals surface area (Å²) < 4.78 is 0. The lowest BCUT2D eigenvalue weighted by atomic mass is 10.4. The van der Waals surface area contributed by atoms with Crippen LogP contribution in [0.1, 0.15) is 25.5 Å². The molecule has 0 spiro atoms. The highest BCUT2D eigenvalue weighted by atomic mass is 32.2. The van der Waals surface area contributed by atoms with Crippen molar-refractivity contribution in [1.82, 2.24) is 15.6 Å². The molecule has 0 atom stereocenters. The first-order valence-corrected chi connectivity index (χ1v) is 7.93. The van der Waals surface area contributed by atoms with Gasteiger partial charge in [0.05, 0.1) is 5.69 Å². The number of carbonyl (C=O) groups is 1. The van der Waals surface area contributed by atoms with Crippen LogP contribution in [0.4, 0.5) is 0 Å². The zero-order valence-corrected chi connectivity index (χ0v) is 12.3. The van der Waals surface area contributed by atoms with Crippen LogP contribution in [0, 0.1) is 0 Å². The van der Waals surface area contributed by atoms with Gasteiger partial charge in [-0.05, 0) is 25.1 Å². The van der Waals surface area contributed by atoms with Crippen LogP contribution in [0.5, 0.6) is 0 Å². The summed E-state index contributed by atoms with van der Waals surface area (Å²) in [5.41, 5.74) is 1.07. The molecule has 1 aromatic rings. The van der Waals surface area contributed by atoms with Gasteiger partial charge in [-0.3, -0.25) is 9.78 Å². The molecule has 0 saturated heterocycles. The third-order valence-corrected chi connectivity index (χ3v) is 3.49. The predicted octanol–water partition coefficient (Wildman–Crippen LogP) is 1.82. The van der Waals surface area contributed by atoms with E-state index >= 15 is 0 Å². The minimum absolute atomic E-state index is 0.131. The van der Waals surface area contributed by atoms with Crippen molar-refractivity contribution in [2.24, 2.45) is 0 Å². The Kier molecular flexibility index (Phi) is 9.10. The van der Waals surface area contributed by atoms with E-state index in [9.17, 15) is 4.79 Å². The van der Waals surface area contributed by atoms with Crippen LogP contribution in [0.25, 0.3) is 0 Å². The lowest BCUT2D eigenvalue weighted by Crippen LogP contribution is -2.32. The number of hydrogen-bond acceptors (Lipinski definition) is 4. The van der Waals surface area contributed by atoms with E-state index in [0.29, 0.717) is 13.0 Å². The van der Waals surface area contributed by atoms with Crippen molar-refractivity contribution < 1.29 is 4.79 Å². The van der Waals surface area contributed by atoms with Crippen LogP contribution < -0.4 is 10.6 Å². The number of thioether (sulfide) groups is 1. The molecule has 1 heterocycles. The Morgan fingerprint density at radius 2 is 2.21 bits per heavy atom. The maximum Gasteiger partial charge on any atom is 0.220 e. The van der Waals surface area contributed by atoms with Crippen molar-refractivity contribution in [1.29, 1.82) is 0 Å². The highest BCUT2D eigenvalue weighted by Gasteiger charge is 2.01. The second-order valence-electron chi connectivity index (χ2n) is 4.22. The topological polar surface area (TPSA) is 54.0 Å². The van der Waals surface area contributed by atoms with Crippen molar-refractivity contribution in [3.8, 4) is 0 Å². The van der Waals surface area contributed by atoms with Crippen LogP contribution in [-0.2, 0) is 10.5 Å². The summed E-state index contributed by atoms with van der Waals surface area (Å²) in [6.45, 7) is 4.70. The number of carbonyl (C=O) groups excluding carboxylic acids is 1. The monoisotopic (exact) mass is 281 g/mol. The van der Waals surface area contributed by atoms with Gasteiger partial charge in [-0.1, -0.05) is 13.0 Å². The zero-order valence-electron chi connectivity index (χ0n) is 11.5. The van der Waals surface area contributed by atoms with E-state index in [1.54, 1.807) is 18.0 Å². The Morgan fingerprint density at radius 1 is 1.32 bits per heavy atom. The minimum atomic E-state index is 0.131. The molecule has 0 aliphatic rings. The van der Waals surface area contributed by atoms with Gasteiger partial charge in [0.1, 0.15) is 0 Å². The molecular formula is C14H23N3OS. The molecule has 0 radical (unpaired) electrons. The number of aromatic nitrogens is 1. The lowest BCUT2D eigenvalue weighted by Gasteiger charge is -2.06. The summed E-state index contributed by atoms with van der Waals surface area (Å²) >= 11 is 1.74. The van der Waals surface area contributed by atoms with Gasteiger partial charge >= 0.3 is 0 Å². The number of nitrogens with zero attached hydrogens (tertiary/aromatic N) is 1. The number of amides is 1. The molecular weight excluding hydrogens is 258 g/mol. The maximum atomic E-state index is 11.5. The highest BCUT2D eigenvalue weighted by Crippen LogP contribution is 2.10. The minimum Gasteiger partial charge on any atom is -0.355 e. The SMILES string of the molecule is CCCNCCNC(=O)CCSCc1ccccn1. The molecule has 1 aromatic heterocycles. The van der Waals surface area contributed by atoms with E-state index in [0.717, 1.165) is 36.7 Å². The molecule has 5 heteroatoms. The molecule has 0 fully saturated rings.